The Labute approximate surface area is 139 Å². The number of hydrogen-bond donors (Lipinski definition) is 1. The van der Waals surface area contributed by atoms with Crippen molar-refractivity contribution in [1.82, 2.24) is 10.2 Å². The number of rotatable bonds is 5. The Bertz CT molecular complexity index is 583. The maximum atomic E-state index is 12.4. The molecule has 0 aromatic heterocycles. The number of morpholine rings is 1. The first kappa shape index (κ1) is 17.7. The van der Waals surface area contributed by atoms with Crippen LogP contribution in [-0.4, -0.2) is 50.2 Å². The highest BCUT2D eigenvalue weighted by atomic mass is 16.5. The molecule has 0 saturated carbocycles. The Morgan fingerprint density at radius 3 is 2.57 bits per heavy atom. The van der Waals surface area contributed by atoms with E-state index in [1.807, 2.05) is 18.2 Å². The van der Waals surface area contributed by atoms with E-state index in [1.165, 1.54) is 16.7 Å². The monoisotopic (exact) mass is 316 g/mol. The van der Waals surface area contributed by atoms with Gasteiger partial charge in [0.15, 0.2) is 0 Å². The Morgan fingerprint density at radius 1 is 1.22 bits per heavy atom. The molecule has 1 N–H and O–H groups in total. The van der Waals surface area contributed by atoms with Crippen molar-refractivity contribution in [2.75, 3.05) is 39.4 Å². The van der Waals surface area contributed by atoms with E-state index in [-0.39, 0.29) is 5.91 Å². The number of hydrogen-bond acceptors (Lipinski definition) is 3. The van der Waals surface area contributed by atoms with E-state index in [4.69, 9.17) is 4.74 Å². The molecule has 1 aliphatic heterocycles. The van der Waals surface area contributed by atoms with Crippen LogP contribution < -0.4 is 5.32 Å². The van der Waals surface area contributed by atoms with Gasteiger partial charge < -0.3 is 10.1 Å². The second-order valence-corrected chi connectivity index (χ2v) is 6.36. The Morgan fingerprint density at radius 2 is 1.91 bits per heavy atom. The molecule has 0 bridgehead atoms. The lowest BCUT2D eigenvalue weighted by Gasteiger charge is -2.26. The summed E-state index contributed by atoms with van der Waals surface area (Å²) in [5, 5.41) is 3.02. The molecular formula is C19H28N2O2. The van der Waals surface area contributed by atoms with Gasteiger partial charge in [-0.2, -0.15) is 0 Å². The van der Waals surface area contributed by atoms with Crippen LogP contribution in [0.5, 0.6) is 0 Å². The van der Waals surface area contributed by atoms with Crippen molar-refractivity contribution in [1.29, 1.82) is 0 Å². The van der Waals surface area contributed by atoms with Gasteiger partial charge in [-0.25, -0.2) is 0 Å². The first-order chi connectivity index (χ1) is 11.0. The molecule has 1 aromatic rings. The van der Waals surface area contributed by atoms with Gasteiger partial charge in [-0.3, -0.25) is 9.69 Å². The SMILES string of the molecule is CC(C)=C(C)c1cc(C(=O)NCCN2CCOCC2)ccc1C. The van der Waals surface area contributed by atoms with Gasteiger partial charge in [0, 0.05) is 31.7 Å². The first-order valence-corrected chi connectivity index (χ1v) is 8.32. The van der Waals surface area contributed by atoms with E-state index in [1.54, 1.807) is 0 Å². The number of carbonyl (C=O) groups is 1. The lowest BCUT2D eigenvalue weighted by Crippen LogP contribution is -2.41. The molecule has 1 amide bonds. The third kappa shape index (κ3) is 4.91. The number of amides is 1. The van der Waals surface area contributed by atoms with Crippen molar-refractivity contribution in [2.24, 2.45) is 0 Å². The van der Waals surface area contributed by atoms with Crippen LogP contribution in [-0.2, 0) is 4.74 Å². The van der Waals surface area contributed by atoms with Gasteiger partial charge in [0.2, 0.25) is 0 Å². The highest BCUT2D eigenvalue weighted by Gasteiger charge is 2.12. The van der Waals surface area contributed by atoms with Gasteiger partial charge in [0.25, 0.3) is 5.91 Å². The molecule has 0 aliphatic carbocycles. The number of benzene rings is 1. The average molecular weight is 316 g/mol. The number of aryl methyl sites for hydroxylation is 1. The van der Waals surface area contributed by atoms with Gasteiger partial charge in [0.1, 0.15) is 0 Å². The fourth-order valence-electron chi connectivity index (χ4n) is 2.69. The molecule has 1 fully saturated rings. The maximum absolute atomic E-state index is 12.4. The molecule has 0 atom stereocenters. The Balaban J connectivity index is 1.96. The zero-order valence-corrected chi connectivity index (χ0v) is 14.7. The van der Waals surface area contributed by atoms with E-state index >= 15 is 0 Å². The van der Waals surface area contributed by atoms with E-state index < -0.39 is 0 Å². The molecule has 1 aliphatic rings. The zero-order valence-electron chi connectivity index (χ0n) is 14.7. The summed E-state index contributed by atoms with van der Waals surface area (Å²) in [4.78, 5) is 14.7. The summed E-state index contributed by atoms with van der Waals surface area (Å²) >= 11 is 0. The summed E-state index contributed by atoms with van der Waals surface area (Å²) < 4.78 is 5.33. The number of carbonyl (C=O) groups excluding carboxylic acids is 1. The van der Waals surface area contributed by atoms with E-state index in [9.17, 15) is 4.79 Å². The molecule has 1 heterocycles. The molecule has 4 nitrogen and oxygen atoms in total. The fourth-order valence-corrected chi connectivity index (χ4v) is 2.69. The summed E-state index contributed by atoms with van der Waals surface area (Å²) in [5.74, 6) is 0.000987. The lowest BCUT2D eigenvalue weighted by molar-refractivity contribution is 0.0383. The standard InChI is InChI=1S/C19H28N2O2/c1-14(2)16(4)18-13-17(6-5-15(18)3)19(22)20-7-8-21-9-11-23-12-10-21/h5-6,13H,7-12H2,1-4H3,(H,20,22). The van der Waals surface area contributed by atoms with Gasteiger partial charge in [-0.1, -0.05) is 11.6 Å². The van der Waals surface area contributed by atoms with Crippen molar-refractivity contribution < 1.29 is 9.53 Å². The van der Waals surface area contributed by atoms with Crippen LogP contribution in [0.15, 0.2) is 23.8 Å². The van der Waals surface area contributed by atoms with Crippen molar-refractivity contribution in [3.8, 4) is 0 Å². The molecular weight excluding hydrogens is 288 g/mol. The Kier molecular flexibility index (Phi) is 6.37. The van der Waals surface area contributed by atoms with Crippen LogP contribution in [0, 0.1) is 6.92 Å². The van der Waals surface area contributed by atoms with Crippen molar-refractivity contribution in [3.63, 3.8) is 0 Å². The van der Waals surface area contributed by atoms with Crippen LogP contribution >= 0.6 is 0 Å². The predicted molar refractivity (Wildman–Crippen MR) is 94.7 cm³/mol. The van der Waals surface area contributed by atoms with Crippen molar-refractivity contribution in [3.05, 3.63) is 40.5 Å². The van der Waals surface area contributed by atoms with E-state index in [0.717, 1.165) is 44.0 Å². The summed E-state index contributed by atoms with van der Waals surface area (Å²) in [7, 11) is 0. The fraction of sp³-hybridized carbons (Fsp3) is 0.526. The Hall–Kier alpha value is -1.65. The summed E-state index contributed by atoms with van der Waals surface area (Å²) in [6.07, 6.45) is 0. The minimum absolute atomic E-state index is 0.000987. The van der Waals surface area contributed by atoms with Crippen LogP contribution in [0.3, 0.4) is 0 Å². The second kappa shape index (κ2) is 8.27. The largest absolute Gasteiger partial charge is 0.379 e. The molecule has 0 spiro atoms. The summed E-state index contributed by atoms with van der Waals surface area (Å²) in [6.45, 7) is 13.4. The van der Waals surface area contributed by atoms with Crippen molar-refractivity contribution in [2.45, 2.75) is 27.7 Å². The average Bonchev–Trinajstić information content (AvgIpc) is 2.55. The summed E-state index contributed by atoms with van der Waals surface area (Å²) in [5.41, 5.74) is 5.61. The molecule has 2 rings (SSSR count). The summed E-state index contributed by atoms with van der Waals surface area (Å²) in [6, 6.07) is 5.93. The number of allylic oxidation sites excluding steroid dienone is 2. The third-order valence-electron chi connectivity index (χ3n) is 4.47. The highest BCUT2D eigenvalue weighted by Crippen LogP contribution is 2.22. The van der Waals surface area contributed by atoms with Crippen LogP contribution in [0.25, 0.3) is 5.57 Å². The minimum Gasteiger partial charge on any atom is -0.379 e. The topological polar surface area (TPSA) is 41.6 Å². The minimum atomic E-state index is 0.000987. The van der Waals surface area contributed by atoms with Gasteiger partial charge in [-0.05, 0) is 56.5 Å². The quantitative estimate of drug-likeness (QED) is 0.908. The molecule has 0 radical (unpaired) electrons. The van der Waals surface area contributed by atoms with Gasteiger partial charge >= 0.3 is 0 Å². The van der Waals surface area contributed by atoms with Gasteiger partial charge in [0.05, 0.1) is 13.2 Å². The number of nitrogens with one attached hydrogen (secondary N) is 1. The molecule has 1 aromatic carbocycles. The van der Waals surface area contributed by atoms with E-state index in [0.29, 0.717) is 6.54 Å². The van der Waals surface area contributed by atoms with Crippen LogP contribution in [0.4, 0.5) is 0 Å². The van der Waals surface area contributed by atoms with Crippen LogP contribution in [0.1, 0.15) is 42.3 Å². The predicted octanol–water partition coefficient (Wildman–Crippen LogP) is 2.87. The van der Waals surface area contributed by atoms with Gasteiger partial charge in [-0.15, -0.1) is 0 Å². The lowest BCUT2D eigenvalue weighted by atomic mass is 9.96. The van der Waals surface area contributed by atoms with E-state index in [2.05, 4.69) is 37.9 Å². The van der Waals surface area contributed by atoms with Crippen LogP contribution in [0.2, 0.25) is 0 Å². The zero-order chi connectivity index (χ0) is 16.8. The number of nitrogens with zero attached hydrogens (tertiary/aromatic N) is 1. The second-order valence-electron chi connectivity index (χ2n) is 6.36. The molecule has 23 heavy (non-hydrogen) atoms. The molecule has 1 saturated heterocycles. The third-order valence-corrected chi connectivity index (χ3v) is 4.47. The maximum Gasteiger partial charge on any atom is 0.251 e. The van der Waals surface area contributed by atoms with Crippen molar-refractivity contribution >= 4 is 11.5 Å². The number of ether oxygens (including phenoxy) is 1. The smallest absolute Gasteiger partial charge is 0.251 e. The highest BCUT2D eigenvalue weighted by molar-refractivity contribution is 5.95. The normalized spacial score (nSPS) is 15.3. The molecule has 0 unspecified atom stereocenters. The first-order valence-electron chi connectivity index (χ1n) is 8.32. The molecule has 126 valence electrons. The molecule has 4 heteroatoms.